The normalized spacial score (nSPS) is 20.6. The van der Waals surface area contributed by atoms with E-state index in [1.165, 1.54) is 16.7 Å². The summed E-state index contributed by atoms with van der Waals surface area (Å²) < 4.78 is 0. The van der Waals surface area contributed by atoms with Crippen molar-refractivity contribution >= 4 is 5.71 Å². The third-order valence-corrected chi connectivity index (χ3v) is 3.88. The van der Waals surface area contributed by atoms with Crippen LogP contribution in [-0.2, 0) is 4.84 Å². The van der Waals surface area contributed by atoms with Gasteiger partial charge < -0.3 is 4.84 Å². The highest BCUT2D eigenvalue weighted by atomic mass is 16.6. The molecule has 1 aliphatic rings. The molecule has 1 aromatic carbocycles. The Bertz CT molecular complexity index is 556. The van der Waals surface area contributed by atoms with E-state index in [2.05, 4.69) is 58.0 Å². The molecule has 1 unspecified atom stereocenters. The van der Waals surface area contributed by atoms with Gasteiger partial charge in [0, 0.05) is 5.56 Å². The average molecular weight is 256 g/mol. The highest BCUT2D eigenvalue weighted by Crippen LogP contribution is 2.38. The molecule has 2 rings (SSSR count). The zero-order valence-electron chi connectivity index (χ0n) is 12.2. The second-order valence-electron chi connectivity index (χ2n) is 5.89. The molecule has 1 aromatic rings. The van der Waals surface area contributed by atoms with Crippen molar-refractivity contribution in [3.05, 3.63) is 34.4 Å². The summed E-state index contributed by atoms with van der Waals surface area (Å²) in [7, 11) is 0. The van der Waals surface area contributed by atoms with E-state index in [4.69, 9.17) is 10.1 Å². The molecule has 0 spiro atoms. The lowest BCUT2D eigenvalue weighted by Crippen LogP contribution is -2.33. The Labute approximate surface area is 114 Å². The molecule has 0 aromatic heterocycles. The van der Waals surface area contributed by atoms with E-state index < -0.39 is 0 Å². The van der Waals surface area contributed by atoms with Crippen molar-refractivity contribution in [1.29, 1.82) is 5.26 Å². The van der Waals surface area contributed by atoms with Crippen LogP contribution in [0.25, 0.3) is 0 Å². The first-order valence-electron chi connectivity index (χ1n) is 6.57. The van der Waals surface area contributed by atoms with Crippen LogP contribution in [0, 0.1) is 37.5 Å². The smallest absolute Gasteiger partial charge is 0.151 e. The lowest BCUT2D eigenvalue weighted by atomic mass is 9.76. The summed E-state index contributed by atoms with van der Waals surface area (Å²) in [5, 5.41) is 13.2. The molecule has 1 heterocycles. The van der Waals surface area contributed by atoms with Gasteiger partial charge in [-0.2, -0.15) is 5.26 Å². The van der Waals surface area contributed by atoms with Crippen LogP contribution in [0.5, 0.6) is 0 Å². The number of hydrogen-bond donors (Lipinski definition) is 0. The van der Waals surface area contributed by atoms with Gasteiger partial charge in [0.25, 0.3) is 0 Å². The van der Waals surface area contributed by atoms with Crippen LogP contribution in [0.3, 0.4) is 0 Å². The Hall–Kier alpha value is -1.82. The Morgan fingerprint density at radius 2 is 1.84 bits per heavy atom. The number of oxime groups is 1. The van der Waals surface area contributed by atoms with Crippen molar-refractivity contribution in [3.8, 4) is 6.07 Å². The van der Waals surface area contributed by atoms with Crippen LogP contribution in [0.15, 0.2) is 17.3 Å². The fourth-order valence-electron chi connectivity index (χ4n) is 2.81. The van der Waals surface area contributed by atoms with E-state index in [1.807, 2.05) is 0 Å². The first-order valence-corrected chi connectivity index (χ1v) is 6.57. The Kier molecular flexibility index (Phi) is 3.36. The predicted octanol–water partition coefficient (Wildman–Crippen LogP) is 3.65. The summed E-state index contributed by atoms with van der Waals surface area (Å²) in [6.07, 6.45) is 0.205. The topological polar surface area (TPSA) is 45.4 Å². The standard InChI is InChI=1S/C16H20N2O/c1-10-8-11(2)14(12(3)9-10)15-16(4,5)13(6-7-17)19-18-15/h8-9,13H,6H2,1-5H3. The Morgan fingerprint density at radius 1 is 1.26 bits per heavy atom. The summed E-state index contributed by atoms with van der Waals surface area (Å²) >= 11 is 0. The number of nitrogens with zero attached hydrogens (tertiary/aromatic N) is 2. The molecular weight excluding hydrogens is 236 g/mol. The molecule has 0 saturated heterocycles. The van der Waals surface area contributed by atoms with E-state index in [1.54, 1.807) is 0 Å². The van der Waals surface area contributed by atoms with Gasteiger partial charge in [-0.25, -0.2) is 0 Å². The maximum atomic E-state index is 8.88. The summed E-state index contributed by atoms with van der Waals surface area (Å²) in [5.74, 6) is 0. The zero-order valence-corrected chi connectivity index (χ0v) is 12.2. The van der Waals surface area contributed by atoms with Crippen LogP contribution in [0.1, 0.15) is 42.5 Å². The van der Waals surface area contributed by atoms with E-state index in [0.29, 0.717) is 6.42 Å². The second-order valence-corrected chi connectivity index (χ2v) is 5.89. The van der Waals surface area contributed by atoms with Gasteiger partial charge in [0.1, 0.15) is 0 Å². The summed E-state index contributed by atoms with van der Waals surface area (Å²) in [5.41, 5.74) is 5.57. The molecule has 3 nitrogen and oxygen atoms in total. The third kappa shape index (κ3) is 2.23. The average Bonchev–Trinajstić information content (AvgIpc) is 2.55. The van der Waals surface area contributed by atoms with E-state index in [-0.39, 0.29) is 11.5 Å². The lowest BCUT2D eigenvalue weighted by Gasteiger charge is -2.25. The number of rotatable bonds is 2. The number of benzene rings is 1. The number of aryl methyl sites for hydroxylation is 3. The molecule has 1 aliphatic heterocycles. The molecular formula is C16H20N2O. The zero-order chi connectivity index (χ0) is 14.2. The first-order chi connectivity index (χ1) is 8.87. The molecule has 0 saturated carbocycles. The Balaban J connectivity index is 2.48. The van der Waals surface area contributed by atoms with Gasteiger partial charge in [-0.15, -0.1) is 0 Å². The van der Waals surface area contributed by atoms with Crippen LogP contribution < -0.4 is 0 Å². The van der Waals surface area contributed by atoms with E-state index >= 15 is 0 Å². The molecule has 0 fully saturated rings. The van der Waals surface area contributed by atoms with Crippen molar-refractivity contribution in [3.63, 3.8) is 0 Å². The Morgan fingerprint density at radius 3 is 2.37 bits per heavy atom. The van der Waals surface area contributed by atoms with Gasteiger partial charge in [0.15, 0.2) is 6.10 Å². The summed E-state index contributed by atoms with van der Waals surface area (Å²) in [4.78, 5) is 5.48. The number of hydrogen-bond acceptors (Lipinski definition) is 3. The highest BCUT2D eigenvalue weighted by molar-refractivity contribution is 6.07. The minimum Gasteiger partial charge on any atom is -0.390 e. The van der Waals surface area contributed by atoms with Gasteiger partial charge in [-0.3, -0.25) is 0 Å². The highest BCUT2D eigenvalue weighted by Gasteiger charge is 2.43. The van der Waals surface area contributed by atoms with Crippen molar-refractivity contribution in [2.75, 3.05) is 0 Å². The predicted molar refractivity (Wildman–Crippen MR) is 76.1 cm³/mol. The maximum Gasteiger partial charge on any atom is 0.151 e. The lowest BCUT2D eigenvalue weighted by molar-refractivity contribution is 0.0403. The van der Waals surface area contributed by atoms with Crippen molar-refractivity contribution in [2.24, 2.45) is 10.6 Å². The van der Waals surface area contributed by atoms with Gasteiger partial charge in [0.05, 0.1) is 23.6 Å². The molecule has 0 amide bonds. The minimum atomic E-state index is -0.236. The maximum absolute atomic E-state index is 8.88. The fraction of sp³-hybridized carbons (Fsp3) is 0.500. The van der Waals surface area contributed by atoms with Gasteiger partial charge >= 0.3 is 0 Å². The van der Waals surface area contributed by atoms with Gasteiger partial charge in [0.2, 0.25) is 0 Å². The van der Waals surface area contributed by atoms with Gasteiger partial charge in [-0.05, 0) is 31.9 Å². The van der Waals surface area contributed by atoms with E-state index in [9.17, 15) is 0 Å². The summed E-state index contributed by atoms with van der Waals surface area (Å²) in [6.45, 7) is 10.5. The molecule has 0 aliphatic carbocycles. The molecule has 19 heavy (non-hydrogen) atoms. The largest absolute Gasteiger partial charge is 0.390 e. The fourth-order valence-corrected chi connectivity index (χ4v) is 2.81. The summed E-state index contributed by atoms with van der Waals surface area (Å²) in [6, 6.07) is 6.51. The minimum absolute atomic E-state index is 0.160. The number of nitriles is 1. The first kappa shape index (κ1) is 13.6. The molecule has 1 atom stereocenters. The molecule has 3 heteroatoms. The quantitative estimate of drug-likeness (QED) is 0.810. The third-order valence-electron chi connectivity index (χ3n) is 3.88. The molecule has 100 valence electrons. The van der Waals surface area contributed by atoms with Crippen molar-refractivity contribution < 1.29 is 4.84 Å². The molecule has 0 radical (unpaired) electrons. The van der Waals surface area contributed by atoms with Crippen LogP contribution in [-0.4, -0.2) is 11.8 Å². The van der Waals surface area contributed by atoms with Crippen molar-refractivity contribution in [1.82, 2.24) is 0 Å². The monoisotopic (exact) mass is 256 g/mol. The second kappa shape index (κ2) is 4.70. The van der Waals surface area contributed by atoms with Crippen molar-refractivity contribution in [2.45, 2.75) is 47.1 Å². The molecule has 0 N–H and O–H groups in total. The molecule has 0 bridgehead atoms. The van der Waals surface area contributed by atoms with Crippen LogP contribution >= 0.6 is 0 Å². The van der Waals surface area contributed by atoms with E-state index in [0.717, 1.165) is 11.3 Å². The van der Waals surface area contributed by atoms with Gasteiger partial charge in [-0.1, -0.05) is 36.7 Å². The van der Waals surface area contributed by atoms with Crippen LogP contribution in [0.4, 0.5) is 0 Å². The van der Waals surface area contributed by atoms with Crippen LogP contribution in [0.2, 0.25) is 0 Å². The SMILES string of the molecule is Cc1cc(C)c(C2=NOC(CC#N)C2(C)C)c(C)c1.